The Labute approximate surface area is 137 Å². The van der Waals surface area contributed by atoms with Gasteiger partial charge in [-0.3, -0.25) is 10.6 Å². The highest BCUT2D eigenvalue weighted by molar-refractivity contribution is 7.21. The summed E-state index contributed by atoms with van der Waals surface area (Å²) in [5.74, 6) is 5.43. The molecule has 23 heavy (non-hydrogen) atoms. The average Bonchev–Trinajstić information content (AvgIpc) is 2.93. The number of carbonyl (C=O) groups is 1. The van der Waals surface area contributed by atoms with E-state index in [0.29, 0.717) is 10.6 Å². The molecule has 6 heteroatoms. The number of nitrogens with one attached hydrogen (secondary N) is 2. The predicted octanol–water partition coefficient (Wildman–Crippen LogP) is 3.87. The van der Waals surface area contributed by atoms with Crippen LogP contribution in [-0.2, 0) is 0 Å². The Morgan fingerprint density at radius 2 is 2.04 bits per heavy atom. The van der Waals surface area contributed by atoms with Crippen molar-refractivity contribution in [2.45, 2.75) is 6.92 Å². The van der Waals surface area contributed by atoms with Gasteiger partial charge in [0.2, 0.25) is 0 Å². The minimum absolute atomic E-state index is 0.218. The van der Waals surface area contributed by atoms with E-state index in [9.17, 15) is 4.79 Å². The van der Waals surface area contributed by atoms with Gasteiger partial charge in [-0.15, -0.1) is 11.3 Å². The lowest BCUT2D eigenvalue weighted by Crippen LogP contribution is -2.15. The molecule has 0 unspecified atom stereocenters. The monoisotopic (exact) mass is 324 g/mol. The molecule has 2 aromatic heterocycles. The summed E-state index contributed by atoms with van der Waals surface area (Å²) in [6.45, 7) is 5.83. The average molecular weight is 324 g/mol. The molecule has 0 radical (unpaired) electrons. The van der Waals surface area contributed by atoms with E-state index in [0.717, 1.165) is 27.0 Å². The number of para-hydroxylation sites is 1. The number of rotatable bonds is 4. The molecule has 0 atom stereocenters. The van der Waals surface area contributed by atoms with Gasteiger partial charge in [0.1, 0.15) is 9.71 Å². The highest BCUT2D eigenvalue weighted by Crippen LogP contribution is 2.35. The van der Waals surface area contributed by atoms with Crippen LogP contribution in [0.15, 0.2) is 49.2 Å². The number of nitrogen functional groups attached to an aromatic ring is 1. The number of aromatic nitrogens is 1. The molecule has 0 aliphatic rings. The van der Waals surface area contributed by atoms with Gasteiger partial charge in [0.15, 0.2) is 0 Å². The molecule has 0 saturated heterocycles. The van der Waals surface area contributed by atoms with E-state index in [1.54, 1.807) is 6.20 Å². The fourth-order valence-electron chi connectivity index (χ4n) is 2.23. The van der Waals surface area contributed by atoms with Crippen molar-refractivity contribution in [1.82, 2.24) is 4.98 Å². The molecular weight excluding hydrogens is 308 g/mol. The first kappa shape index (κ1) is 15.2. The van der Waals surface area contributed by atoms with Crippen LogP contribution in [0.2, 0.25) is 0 Å². The van der Waals surface area contributed by atoms with Gasteiger partial charge in [0, 0.05) is 17.3 Å². The number of allylic oxidation sites excluding steroid dienone is 1. The number of hydrogen-bond acceptors (Lipinski definition) is 5. The third-order valence-corrected chi connectivity index (χ3v) is 4.53. The summed E-state index contributed by atoms with van der Waals surface area (Å²) in [5.41, 5.74) is 5.76. The number of hydrogen-bond donors (Lipinski definition) is 3. The second-order valence-electron chi connectivity index (χ2n) is 5.13. The van der Waals surface area contributed by atoms with Crippen molar-refractivity contribution in [3.05, 3.63) is 59.6 Å². The normalized spacial score (nSPS) is 10.5. The molecule has 0 bridgehead atoms. The summed E-state index contributed by atoms with van der Waals surface area (Å²) in [7, 11) is 0. The lowest BCUT2D eigenvalue weighted by atomic mass is 10.1. The Balaban J connectivity index is 2.03. The van der Waals surface area contributed by atoms with Gasteiger partial charge in [-0.2, -0.15) is 0 Å². The van der Waals surface area contributed by atoms with Crippen molar-refractivity contribution in [3.8, 4) is 0 Å². The summed E-state index contributed by atoms with van der Waals surface area (Å²) < 4.78 is 0. The summed E-state index contributed by atoms with van der Waals surface area (Å²) in [6.07, 6.45) is 1.75. The van der Waals surface area contributed by atoms with Crippen molar-refractivity contribution in [2.24, 2.45) is 5.84 Å². The van der Waals surface area contributed by atoms with Crippen LogP contribution < -0.4 is 16.6 Å². The molecule has 1 aromatic carbocycles. The third kappa shape index (κ3) is 2.94. The zero-order valence-electron chi connectivity index (χ0n) is 12.6. The van der Waals surface area contributed by atoms with Gasteiger partial charge in [-0.05, 0) is 36.3 Å². The molecule has 5 nitrogen and oxygen atoms in total. The first-order valence-electron chi connectivity index (χ1n) is 7.01. The second-order valence-corrected chi connectivity index (χ2v) is 6.13. The van der Waals surface area contributed by atoms with Gasteiger partial charge in [0.05, 0.1) is 5.69 Å². The number of nitrogens with zero attached hydrogens (tertiary/aromatic N) is 1. The van der Waals surface area contributed by atoms with Crippen molar-refractivity contribution in [1.29, 1.82) is 0 Å². The number of pyridine rings is 1. The minimum Gasteiger partial charge on any atom is -0.322 e. The Kier molecular flexibility index (Phi) is 4.10. The maximum atomic E-state index is 12.5. The lowest BCUT2D eigenvalue weighted by molar-refractivity contribution is 0.103. The minimum atomic E-state index is -0.218. The Hall–Kier alpha value is -2.70. The number of thiophene rings is 1. The zero-order valence-corrected chi connectivity index (χ0v) is 13.4. The maximum absolute atomic E-state index is 12.5. The summed E-state index contributed by atoms with van der Waals surface area (Å²) in [6, 6.07) is 11.2. The highest BCUT2D eigenvalue weighted by Gasteiger charge is 2.19. The number of amides is 1. The molecule has 0 fully saturated rings. The molecule has 2 heterocycles. The molecule has 3 aromatic rings. The third-order valence-electron chi connectivity index (χ3n) is 3.42. The molecule has 0 aliphatic heterocycles. The quantitative estimate of drug-likeness (QED) is 0.503. The molecule has 116 valence electrons. The van der Waals surface area contributed by atoms with Crippen LogP contribution in [-0.4, -0.2) is 10.9 Å². The predicted molar refractivity (Wildman–Crippen MR) is 96.5 cm³/mol. The van der Waals surface area contributed by atoms with E-state index < -0.39 is 0 Å². The number of benzene rings is 1. The number of anilines is 2. The molecule has 0 saturated carbocycles. The van der Waals surface area contributed by atoms with Crippen LogP contribution in [0.4, 0.5) is 11.4 Å². The standard InChI is InChI=1S/C17H16N4OS/c1-10(2)11-8-13-14(21-18)15(23-17(13)19-9-11)16(22)20-12-6-4-3-5-7-12/h3-9,21H,1,18H2,2H3,(H,20,22). The molecule has 4 N–H and O–H groups in total. The van der Waals surface area contributed by atoms with Crippen LogP contribution in [0.25, 0.3) is 15.8 Å². The zero-order chi connectivity index (χ0) is 16.4. The van der Waals surface area contributed by atoms with Gasteiger partial charge < -0.3 is 10.7 Å². The summed E-state index contributed by atoms with van der Waals surface area (Å²) >= 11 is 1.30. The van der Waals surface area contributed by atoms with Crippen molar-refractivity contribution >= 4 is 44.4 Å². The maximum Gasteiger partial charge on any atom is 0.268 e. The van der Waals surface area contributed by atoms with Crippen LogP contribution >= 0.6 is 11.3 Å². The van der Waals surface area contributed by atoms with E-state index >= 15 is 0 Å². The van der Waals surface area contributed by atoms with Gasteiger partial charge in [-0.1, -0.05) is 24.8 Å². The second kappa shape index (κ2) is 6.20. The van der Waals surface area contributed by atoms with E-state index in [2.05, 4.69) is 22.3 Å². The largest absolute Gasteiger partial charge is 0.322 e. The summed E-state index contributed by atoms with van der Waals surface area (Å²) in [4.78, 5) is 18.2. The Morgan fingerprint density at radius 3 is 2.70 bits per heavy atom. The topological polar surface area (TPSA) is 80.0 Å². The number of fused-ring (bicyclic) bond motifs is 1. The Bertz CT molecular complexity index is 886. The number of carbonyl (C=O) groups excluding carboxylic acids is 1. The number of hydrazine groups is 1. The van der Waals surface area contributed by atoms with Gasteiger partial charge >= 0.3 is 0 Å². The van der Waals surface area contributed by atoms with E-state index in [1.807, 2.05) is 43.3 Å². The van der Waals surface area contributed by atoms with Gasteiger partial charge in [-0.25, -0.2) is 4.98 Å². The smallest absolute Gasteiger partial charge is 0.268 e. The van der Waals surface area contributed by atoms with Crippen molar-refractivity contribution in [3.63, 3.8) is 0 Å². The molecule has 0 aliphatic carbocycles. The SMILES string of the molecule is C=C(C)c1cnc2sc(C(=O)Nc3ccccc3)c(NN)c2c1. The molecule has 0 spiro atoms. The fourth-order valence-corrected chi connectivity index (χ4v) is 3.21. The van der Waals surface area contributed by atoms with Crippen molar-refractivity contribution < 1.29 is 4.79 Å². The van der Waals surface area contributed by atoms with Crippen LogP contribution in [0, 0.1) is 0 Å². The Morgan fingerprint density at radius 1 is 1.30 bits per heavy atom. The van der Waals surface area contributed by atoms with Crippen LogP contribution in [0.3, 0.4) is 0 Å². The van der Waals surface area contributed by atoms with Gasteiger partial charge in [0.25, 0.3) is 5.91 Å². The fraction of sp³-hybridized carbons (Fsp3) is 0.0588. The molecule has 1 amide bonds. The summed E-state index contributed by atoms with van der Waals surface area (Å²) in [5, 5.41) is 3.68. The van der Waals surface area contributed by atoms with Crippen LogP contribution in [0.1, 0.15) is 22.2 Å². The van der Waals surface area contributed by atoms with E-state index in [1.165, 1.54) is 11.3 Å². The highest BCUT2D eigenvalue weighted by atomic mass is 32.1. The molecule has 3 rings (SSSR count). The van der Waals surface area contributed by atoms with E-state index in [4.69, 9.17) is 5.84 Å². The first-order chi connectivity index (χ1) is 11.1. The van der Waals surface area contributed by atoms with Crippen molar-refractivity contribution in [2.75, 3.05) is 10.7 Å². The number of nitrogens with two attached hydrogens (primary N) is 1. The first-order valence-corrected chi connectivity index (χ1v) is 7.83. The molecular formula is C17H16N4OS. The lowest BCUT2D eigenvalue weighted by Gasteiger charge is -2.06. The van der Waals surface area contributed by atoms with E-state index in [-0.39, 0.29) is 5.91 Å². The van der Waals surface area contributed by atoms with Crippen LogP contribution in [0.5, 0.6) is 0 Å².